The Morgan fingerprint density at radius 1 is 1.16 bits per heavy atom. The number of hydrogen-bond acceptors (Lipinski definition) is 4. The lowest BCUT2D eigenvalue weighted by atomic mass is 9.95. The van der Waals surface area contributed by atoms with Crippen molar-refractivity contribution in [1.29, 1.82) is 0 Å². The molecule has 1 aliphatic heterocycles. The number of halogens is 1. The quantitative estimate of drug-likeness (QED) is 0.265. The van der Waals surface area contributed by atoms with Gasteiger partial charge in [-0.1, -0.05) is 30.0 Å². The molecule has 8 heteroatoms. The van der Waals surface area contributed by atoms with Gasteiger partial charge in [-0.3, -0.25) is 14.6 Å². The number of aromatic nitrogens is 2. The highest BCUT2D eigenvalue weighted by Gasteiger charge is 2.43. The number of carbonyl (C=O) groups is 2. The number of amides is 1. The van der Waals surface area contributed by atoms with E-state index in [4.69, 9.17) is 4.74 Å². The van der Waals surface area contributed by atoms with Crippen molar-refractivity contribution in [2.45, 2.75) is 19.0 Å². The number of aryl methyl sites for hydroxylation is 1. The van der Waals surface area contributed by atoms with Crippen LogP contribution in [0.4, 0.5) is 4.39 Å². The average molecular weight is 435 g/mol. The van der Waals surface area contributed by atoms with Crippen molar-refractivity contribution < 1.29 is 28.4 Å². The molecule has 1 N–H and O–H groups in total. The molecule has 7 nitrogen and oxygen atoms in total. The third kappa shape index (κ3) is 4.12. The molecule has 32 heavy (non-hydrogen) atoms. The first-order valence-corrected chi connectivity index (χ1v) is 10.2. The zero-order chi connectivity index (χ0) is 22.7. The van der Waals surface area contributed by atoms with Crippen LogP contribution in [0.25, 0.3) is 5.76 Å². The minimum Gasteiger partial charge on any atom is -0.872 e. The van der Waals surface area contributed by atoms with E-state index in [-0.39, 0.29) is 11.1 Å². The molecule has 3 aromatic rings. The van der Waals surface area contributed by atoms with Crippen molar-refractivity contribution in [3.8, 4) is 5.75 Å². The first-order chi connectivity index (χ1) is 15.5. The Balaban J connectivity index is 1.72. The van der Waals surface area contributed by atoms with Gasteiger partial charge >= 0.3 is 0 Å². The molecule has 2 aromatic carbocycles. The molecule has 0 saturated carbocycles. The van der Waals surface area contributed by atoms with E-state index in [2.05, 4.69) is 4.98 Å². The van der Waals surface area contributed by atoms with Crippen molar-refractivity contribution >= 4 is 17.4 Å². The molecule has 164 valence electrons. The van der Waals surface area contributed by atoms with Crippen LogP contribution in [0, 0.1) is 5.82 Å². The summed E-state index contributed by atoms with van der Waals surface area (Å²) in [5, 5.41) is 13.2. The molecule has 1 saturated heterocycles. The van der Waals surface area contributed by atoms with E-state index in [0.717, 1.165) is 12.1 Å². The minimum absolute atomic E-state index is 0.124. The van der Waals surface area contributed by atoms with Crippen LogP contribution in [0.1, 0.15) is 23.6 Å². The van der Waals surface area contributed by atoms with Crippen molar-refractivity contribution in [3.05, 3.63) is 89.8 Å². The van der Waals surface area contributed by atoms with E-state index < -0.39 is 29.3 Å². The van der Waals surface area contributed by atoms with E-state index in [1.54, 1.807) is 36.8 Å². The van der Waals surface area contributed by atoms with Crippen LogP contribution in [0.2, 0.25) is 0 Å². The van der Waals surface area contributed by atoms with Gasteiger partial charge in [-0.25, -0.2) is 8.96 Å². The number of likely N-dealkylation sites (tertiary alicyclic amines) is 1. The van der Waals surface area contributed by atoms with Crippen LogP contribution in [0.5, 0.6) is 5.75 Å². The zero-order valence-corrected chi connectivity index (χ0v) is 17.5. The van der Waals surface area contributed by atoms with Gasteiger partial charge < -0.3 is 14.7 Å². The van der Waals surface area contributed by atoms with E-state index in [1.165, 1.54) is 24.1 Å². The molecule has 1 atom stereocenters. The smallest absolute Gasteiger partial charge is 0.295 e. The number of carbonyl (C=O) groups excluding carboxylic acids is 2. The molecule has 0 bridgehead atoms. The number of rotatable bonds is 7. The highest BCUT2D eigenvalue weighted by atomic mass is 19.1. The van der Waals surface area contributed by atoms with Crippen molar-refractivity contribution in [2.24, 2.45) is 0 Å². The molecule has 1 aliphatic rings. The van der Waals surface area contributed by atoms with Gasteiger partial charge in [0.1, 0.15) is 24.0 Å². The second kappa shape index (κ2) is 9.05. The molecular weight excluding hydrogens is 413 g/mol. The van der Waals surface area contributed by atoms with Gasteiger partial charge in [-0.05, 0) is 35.4 Å². The summed E-state index contributed by atoms with van der Waals surface area (Å²) < 4.78 is 20.5. The Kier molecular flexibility index (Phi) is 6.02. The van der Waals surface area contributed by atoms with Crippen LogP contribution in [-0.4, -0.2) is 35.2 Å². The molecule has 1 fully saturated rings. The van der Waals surface area contributed by atoms with Crippen LogP contribution in [0.15, 0.2) is 72.8 Å². The van der Waals surface area contributed by atoms with Gasteiger partial charge in [-0.2, -0.15) is 0 Å². The fourth-order valence-corrected chi connectivity index (χ4v) is 3.87. The first-order valence-electron chi connectivity index (χ1n) is 10.2. The van der Waals surface area contributed by atoms with Crippen molar-refractivity contribution in [3.63, 3.8) is 0 Å². The predicted octanol–water partition coefficient (Wildman–Crippen LogP) is 1.76. The number of benzene rings is 2. The number of ether oxygens (including phenoxy) is 1. The monoisotopic (exact) mass is 435 g/mol. The fourth-order valence-electron chi connectivity index (χ4n) is 3.87. The van der Waals surface area contributed by atoms with Crippen LogP contribution >= 0.6 is 0 Å². The maximum absolute atomic E-state index is 13.3. The van der Waals surface area contributed by atoms with Crippen LogP contribution in [-0.2, 0) is 16.1 Å². The third-order valence-corrected chi connectivity index (χ3v) is 5.49. The topological polar surface area (TPSA) is 89.3 Å². The molecule has 2 heterocycles. The number of nitrogens with one attached hydrogen (secondary N) is 1. The number of imidazole rings is 1. The standard InChI is InChI=1S/C24H22FN3O4/c1-32-19-9-5-16(6-10-19)21-20(22(29)17-3-7-18(25)8-4-17)23(30)24(31)28(21)13-2-12-27-14-11-26-15-27/h3-11,14-15,21H,2,12-13H2,1H3,(H,29,30). The highest BCUT2D eigenvalue weighted by molar-refractivity contribution is 6.46. The molecule has 0 aliphatic carbocycles. The number of H-pyrrole nitrogens is 1. The van der Waals surface area contributed by atoms with Crippen LogP contribution < -0.4 is 14.4 Å². The Hall–Kier alpha value is -3.94. The van der Waals surface area contributed by atoms with E-state index in [0.29, 0.717) is 30.8 Å². The number of ketones is 1. The maximum Gasteiger partial charge on any atom is 0.295 e. The van der Waals surface area contributed by atoms with Gasteiger partial charge in [0.05, 0.1) is 19.7 Å². The van der Waals surface area contributed by atoms with Crippen LogP contribution in [0.3, 0.4) is 0 Å². The Morgan fingerprint density at radius 3 is 2.50 bits per heavy atom. The number of aromatic amines is 1. The van der Waals surface area contributed by atoms with E-state index in [9.17, 15) is 19.1 Å². The van der Waals surface area contributed by atoms with Crippen molar-refractivity contribution in [1.82, 2.24) is 9.88 Å². The summed E-state index contributed by atoms with van der Waals surface area (Å²) in [5.41, 5.74) is 0.664. The van der Waals surface area contributed by atoms with E-state index >= 15 is 0 Å². The van der Waals surface area contributed by atoms with E-state index in [1.807, 2.05) is 10.8 Å². The average Bonchev–Trinajstić information content (AvgIpc) is 3.41. The molecule has 0 spiro atoms. The normalized spacial score (nSPS) is 17.7. The summed E-state index contributed by atoms with van der Waals surface area (Å²) in [6, 6.07) is 11.0. The molecule has 1 aromatic heterocycles. The zero-order valence-electron chi connectivity index (χ0n) is 17.5. The summed E-state index contributed by atoms with van der Waals surface area (Å²) in [6.45, 7) is 0.928. The second-order valence-corrected chi connectivity index (χ2v) is 7.46. The Labute approximate surface area is 184 Å². The second-order valence-electron chi connectivity index (χ2n) is 7.46. The first kappa shape index (κ1) is 21.3. The van der Waals surface area contributed by atoms with Gasteiger partial charge in [0.25, 0.3) is 5.91 Å². The summed E-state index contributed by atoms with van der Waals surface area (Å²) in [7, 11) is 1.54. The van der Waals surface area contributed by atoms with Crippen molar-refractivity contribution in [2.75, 3.05) is 13.7 Å². The van der Waals surface area contributed by atoms with Gasteiger partial charge in [0, 0.05) is 18.5 Å². The fraction of sp³-hybridized carbons (Fsp3) is 0.208. The summed E-state index contributed by atoms with van der Waals surface area (Å²) in [5.74, 6) is -1.99. The highest BCUT2D eigenvalue weighted by Crippen LogP contribution is 2.39. The lowest BCUT2D eigenvalue weighted by Crippen LogP contribution is -2.36. The summed E-state index contributed by atoms with van der Waals surface area (Å²) in [4.78, 5) is 30.2. The number of Topliss-reactive ketones (excluding diaryl/α,β-unsaturated/α-hetero) is 1. The Bertz CT molecular complexity index is 1140. The SMILES string of the molecule is COc1ccc(C2/C(=C(\[O-])c3ccc(F)cc3)C(=O)C(=O)N2CCC[n+]2cc[nH]c2)cc1. The third-order valence-electron chi connectivity index (χ3n) is 5.49. The predicted molar refractivity (Wildman–Crippen MR) is 111 cm³/mol. The van der Waals surface area contributed by atoms with Gasteiger partial charge in [0.15, 0.2) is 0 Å². The molecule has 4 rings (SSSR count). The number of methoxy groups -OCH3 is 1. The summed E-state index contributed by atoms with van der Waals surface area (Å²) >= 11 is 0. The summed E-state index contributed by atoms with van der Waals surface area (Å²) in [6.07, 6.45) is 6.05. The molecule has 1 amide bonds. The molecular formula is C24H22FN3O4. The molecule has 1 unspecified atom stereocenters. The minimum atomic E-state index is -0.825. The lowest BCUT2D eigenvalue weighted by molar-refractivity contribution is -0.695. The maximum atomic E-state index is 13.3. The number of hydrogen-bond donors (Lipinski definition) is 1. The molecule has 0 radical (unpaired) electrons. The van der Waals surface area contributed by atoms with Gasteiger partial charge in [-0.15, -0.1) is 0 Å². The van der Waals surface area contributed by atoms with Gasteiger partial charge in [0.2, 0.25) is 12.1 Å². The largest absolute Gasteiger partial charge is 0.872 e. The Morgan fingerprint density at radius 2 is 1.88 bits per heavy atom. The lowest BCUT2D eigenvalue weighted by Gasteiger charge is -2.27. The number of nitrogens with zero attached hydrogens (tertiary/aromatic N) is 2.